The summed E-state index contributed by atoms with van der Waals surface area (Å²) in [6.45, 7) is 0.547. The van der Waals surface area contributed by atoms with E-state index in [9.17, 15) is 21.6 Å². The van der Waals surface area contributed by atoms with Crippen LogP contribution in [-0.2, 0) is 10.0 Å². The predicted molar refractivity (Wildman–Crippen MR) is 69.4 cm³/mol. The minimum atomic E-state index is -3.78. The van der Waals surface area contributed by atoms with E-state index in [1.54, 1.807) is 0 Å². The first-order valence-electron chi connectivity index (χ1n) is 6.26. The monoisotopic (exact) mass is 308 g/mol. The Balaban J connectivity index is 1.91. The average molecular weight is 308 g/mol. The van der Waals surface area contributed by atoms with Gasteiger partial charge in [-0.05, 0) is 37.9 Å². The zero-order valence-electron chi connectivity index (χ0n) is 10.6. The lowest BCUT2D eigenvalue weighted by Gasteiger charge is -2.09. The quantitative estimate of drug-likeness (QED) is 0.598. The Kier molecular flexibility index (Phi) is 4.54. The van der Waals surface area contributed by atoms with Crippen LogP contribution in [0.15, 0.2) is 12.1 Å². The van der Waals surface area contributed by atoms with Crippen LogP contribution in [-0.4, -0.2) is 26.8 Å². The van der Waals surface area contributed by atoms with Crippen LogP contribution in [0.4, 0.5) is 18.9 Å². The van der Waals surface area contributed by atoms with Crippen molar-refractivity contribution in [2.75, 3.05) is 17.0 Å². The molecule has 20 heavy (non-hydrogen) atoms. The number of hydrogen-bond acceptors (Lipinski definition) is 3. The summed E-state index contributed by atoms with van der Waals surface area (Å²) in [7, 11) is -3.78. The van der Waals surface area contributed by atoms with Gasteiger partial charge in [-0.25, -0.2) is 21.6 Å². The largest absolute Gasteiger partial charge is 0.314 e. The van der Waals surface area contributed by atoms with Gasteiger partial charge in [0.2, 0.25) is 10.0 Å². The second-order valence-corrected chi connectivity index (χ2v) is 6.57. The summed E-state index contributed by atoms with van der Waals surface area (Å²) in [5, 5.41) is 3.15. The van der Waals surface area contributed by atoms with E-state index in [4.69, 9.17) is 0 Å². The maximum Gasteiger partial charge on any atom is 0.232 e. The van der Waals surface area contributed by atoms with E-state index in [1.807, 2.05) is 4.72 Å². The summed E-state index contributed by atoms with van der Waals surface area (Å²) in [5.41, 5.74) is -0.584. The zero-order valence-corrected chi connectivity index (χ0v) is 11.4. The Morgan fingerprint density at radius 3 is 2.50 bits per heavy atom. The molecule has 0 saturated heterocycles. The molecule has 4 nitrogen and oxygen atoms in total. The maximum atomic E-state index is 13.3. The third-order valence-electron chi connectivity index (χ3n) is 2.90. The number of halogens is 3. The number of benzene rings is 1. The molecule has 0 aliphatic heterocycles. The fourth-order valence-electron chi connectivity index (χ4n) is 1.68. The molecule has 112 valence electrons. The molecule has 2 N–H and O–H groups in total. The Morgan fingerprint density at radius 1 is 1.15 bits per heavy atom. The van der Waals surface area contributed by atoms with Crippen LogP contribution in [0.5, 0.6) is 0 Å². The van der Waals surface area contributed by atoms with Crippen LogP contribution >= 0.6 is 0 Å². The van der Waals surface area contributed by atoms with Crippen molar-refractivity contribution >= 4 is 15.7 Å². The fraction of sp³-hybridized carbons (Fsp3) is 0.500. The van der Waals surface area contributed by atoms with E-state index < -0.39 is 33.2 Å². The van der Waals surface area contributed by atoms with Gasteiger partial charge < -0.3 is 5.32 Å². The van der Waals surface area contributed by atoms with Crippen molar-refractivity contribution in [2.24, 2.45) is 0 Å². The Morgan fingerprint density at radius 2 is 1.85 bits per heavy atom. The van der Waals surface area contributed by atoms with Crippen LogP contribution < -0.4 is 10.0 Å². The van der Waals surface area contributed by atoms with E-state index in [2.05, 4.69) is 5.32 Å². The average Bonchev–Trinajstić information content (AvgIpc) is 3.20. The second kappa shape index (κ2) is 6.01. The van der Waals surface area contributed by atoms with Crippen LogP contribution in [0.2, 0.25) is 0 Å². The van der Waals surface area contributed by atoms with Gasteiger partial charge in [0, 0.05) is 6.04 Å². The molecular formula is C12H15F3N2O2S. The SMILES string of the molecule is O=S(=O)(CCCNC1CC1)Nc1ccc(F)c(F)c1F. The Hall–Kier alpha value is -1.28. The number of rotatable bonds is 7. The lowest BCUT2D eigenvalue weighted by Crippen LogP contribution is -2.23. The minimum Gasteiger partial charge on any atom is -0.314 e. The lowest BCUT2D eigenvalue weighted by molar-refractivity contribution is 0.449. The molecule has 0 amide bonds. The minimum absolute atomic E-state index is 0.217. The highest BCUT2D eigenvalue weighted by molar-refractivity contribution is 7.92. The molecule has 0 atom stereocenters. The summed E-state index contributed by atoms with van der Waals surface area (Å²) in [4.78, 5) is 0. The summed E-state index contributed by atoms with van der Waals surface area (Å²) >= 11 is 0. The molecule has 1 aliphatic carbocycles. The summed E-state index contributed by atoms with van der Waals surface area (Å²) in [6, 6.07) is 2.01. The predicted octanol–water partition coefficient (Wildman–Crippen LogP) is 1.99. The zero-order chi connectivity index (χ0) is 14.8. The van der Waals surface area contributed by atoms with Gasteiger partial charge in [0.15, 0.2) is 17.5 Å². The molecule has 1 fully saturated rings. The number of nitrogens with one attached hydrogen (secondary N) is 2. The summed E-state index contributed by atoms with van der Waals surface area (Å²) < 4.78 is 64.3. The second-order valence-electron chi connectivity index (χ2n) is 4.73. The van der Waals surface area contributed by atoms with Crippen molar-refractivity contribution in [3.63, 3.8) is 0 Å². The van der Waals surface area contributed by atoms with Crippen LogP contribution in [0.3, 0.4) is 0 Å². The molecule has 0 aromatic heterocycles. The van der Waals surface area contributed by atoms with Crippen molar-refractivity contribution in [2.45, 2.75) is 25.3 Å². The lowest BCUT2D eigenvalue weighted by atomic mass is 10.3. The first-order valence-corrected chi connectivity index (χ1v) is 7.91. The standard InChI is InChI=1S/C12H15F3N2O2S/c13-9-4-5-10(12(15)11(9)14)17-20(18,19)7-1-6-16-8-2-3-8/h4-5,8,16-17H,1-3,6-7H2. The number of anilines is 1. The molecule has 1 aromatic rings. The third kappa shape index (κ3) is 4.11. The highest BCUT2D eigenvalue weighted by atomic mass is 32.2. The van der Waals surface area contributed by atoms with Gasteiger partial charge in [0.05, 0.1) is 11.4 Å². The fourth-order valence-corrected chi connectivity index (χ4v) is 2.80. The first kappa shape index (κ1) is 15.1. The summed E-state index contributed by atoms with van der Waals surface area (Å²) in [5.74, 6) is -4.81. The Bertz CT molecular complexity index is 589. The molecule has 2 rings (SSSR count). The Labute approximate surface area is 115 Å². The van der Waals surface area contributed by atoms with Gasteiger partial charge in [-0.1, -0.05) is 0 Å². The molecule has 1 aliphatic rings. The molecule has 1 aromatic carbocycles. The van der Waals surface area contributed by atoms with Crippen LogP contribution in [0.1, 0.15) is 19.3 Å². The van der Waals surface area contributed by atoms with Crippen molar-refractivity contribution in [3.8, 4) is 0 Å². The van der Waals surface area contributed by atoms with E-state index in [-0.39, 0.29) is 5.75 Å². The highest BCUT2D eigenvalue weighted by Crippen LogP contribution is 2.21. The highest BCUT2D eigenvalue weighted by Gasteiger charge is 2.21. The smallest absolute Gasteiger partial charge is 0.232 e. The van der Waals surface area contributed by atoms with Gasteiger partial charge in [0.25, 0.3) is 0 Å². The van der Waals surface area contributed by atoms with Crippen molar-refractivity contribution in [1.29, 1.82) is 0 Å². The molecule has 8 heteroatoms. The van der Waals surface area contributed by atoms with Crippen LogP contribution in [0, 0.1) is 17.5 Å². The van der Waals surface area contributed by atoms with E-state index in [0.717, 1.165) is 18.9 Å². The molecule has 0 bridgehead atoms. The molecule has 0 unspecified atom stereocenters. The molecule has 0 spiro atoms. The first-order chi connectivity index (χ1) is 9.39. The van der Waals surface area contributed by atoms with E-state index in [1.165, 1.54) is 0 Å². The third-order valence-corrected chi connectivity index (χ3v) is 4.26. The van der Waals surface area contributed by atoms with Crippen molar-refractivity contribution in [1.82, 2.24) is 5.32 Å². The normalized spacial score (nSPS) is 15.3. The number of hydrogen-bond donors (Lipinski definition) is 2. The van der Waals surface area contributed by atoms with E-state index in [0.29, 0.717) is 25.1 Å². The maximum absolute atomic E-state index is 13.3. The van der Waals surface area contributed by atoms with Crippen molar-refractivity contribution in [3.05, 3.63) is 29.6 Å². The van der Waals surface area contributed by atoms with Gasteiger partial charge in [-0.2, -0.15) is 0 Å². The van der Waals surface area contributed by atoms with Crippen LogP contribution in [0.25, 0.3) is 0 Å². The number of sulfonamides is 1. The van der Waals surface area contributed by atoms with E-state index >= 15 is 0 Å². The molecule has 1 saturated carbocycles. The summed E-state index contributed by atoms with van der Waals surface area (Å²) in [6.07, 6.45) is 2.56. The van der Waals surface area contributed by atoms with Gasteiger partial charge >= 0.3 is 0 Å². The van der Waals surface area contributed by atoms with Gasteiger partial charge in [-0.3, -0.25) is 4.72 Å². The molecule has 0 radical (unpaired) electrons. The topological polar surface area (TPSA) is 58.2 Å². The van der Waals surface area contributed by atoms with Crippen molar-refractivity contribution < 1.29 is 21.6 Å². The molecular weight excluding hydrogens is 293 g/mol. The molecule has 0 heterocycles. The van der Waals surface area contributed by atoms with Gasteiger partial charge in [-0.15, -0.1) is 0 Å². The van der Waals surface area contributed by atoms with Gasteiger partial charge in [0.1, 0.15) is 0 Å².